The molecule has 4 nitrogen and oxygen atoms in total. The summed E-state index contributed by atoms with van der Waals surface area (Å²) in [5.74, 6) is 1.40. The molecule has 0 fully saturated rings. The van der Waals surface area contributed by atoms with Crippen LogP contribution < -0.4 is 14.9 Å². The second kappa shape index (κ2) is 9.68. The van der Waals surface area contributed by atoms with Crippen LogP contribution in [0.25, 0.3) is 0 Å². The lowest BCUT2D eigenvalue weighted by atomic mass is 10.2. The van der Waals surface area contributed by atoms with Crippen molar-refractivity contribution in [1.29, 1.82) is 0 Å². The van der Waals surface area contributed by atoms with E-state index in [1.165, 1.54) is 0 Å². The monoisotopic (exact) mass is 424 g/mol. The van der Waals surface area contributed by atoms with Crippen molar-refractivity contribution in [3.63, 3.8) is 0 Å². The van der Waals surface area contributed by atoms with E-state index in [0.29, 0.717) is 24.7 Å². The fourth-order valence-corrected chi connectivity index (χ4v) is 2.92. The van der Waals surface area contributed by atoms with Gasteiger partial charge in [0.1, 0.15) is 0 Å². The quantitative estimate of drug-likeness (QED) is 0.454. The molecule has 0 radical (unpaired) electrons. The maximum absolute atomic E-state index is 6.13. The minimum Gasteiger partial charge on any atom is -0.490 e. The predicted molar refractivity (Wildman–Crippen MR) is 107 cm³/mol. The summed E-state index contributed by atoms with van der Waals surface area (Å²) in [7, 11) is 0. The van der Waals surface area contributed by atoms with Gasteiger partial charge in [-0.2, -0.15) is 5.10 Å². The third-order valence-electron chi connectivity index (χ3n) is 3.22. The first-order valence-electron chi connectivity index (χ1n) is 8.13. The highest BCUT2D eigenvalue weighted by molar-refractivity contribution is 9.10. The maximum Gasteiger partial charge on any atom is 0.175 e. The topological polar surface area (TPSA) is 42.8 Å². The van der Waals surface area contributed by atoms with Gasteiger partial charge in [0.25, 0.3) is 0 Å². The highest BCUT2D eigenvalue weighted by Gasteiger charge is 2.13. The number of rotatable bonds is 8. The predicted octanol–water partition coefficient (Wildman–Crippen LogP) is 5.41. The molecule has 2 rings (SSSR count). The molecule has 0 aliphatic carbocycles. The van der Waals surface area contributed by atoms with Crippen LogP contribution in [0.5, 0.6) is 11.5 Å². The van der Waals surface area contributed by atoms with Gasteiger partial charge in [-0.05, 0) is 66.0 Å². The average molecular weight is 426 g/mol. The van der Waals surface area contributed by atoms with Crippen molar-refractivity contribution in [3.05, 3.63) is 57.0 Å². The molecule has 0 saturated carbocycles. The molecule has 0 aliphatic rings. The molecule has 2 aromatic carbocycles. The van der Waals surface area contributed by atoms with Crippen molar-refractivity contribution < 1.29 is 9.47 Å². The van der Waals surface area contributed by atoms with Crippen LogP contribution in [0.4, 0.5) is 0 Å². The van der Waals surface area contributed by atoms with Gasteiger partial charge in [-0.3, -0.25) is 0 Å². The van der Waals surface area contributed by atoms with Crippen molar-refractivity contribution in [2.24, 2.45) is 5.10 Å². The van der Waals surface area contributed by atoms with Crippen LogP contribution in [0, 0.1) is 0 Å². The average Bonchev–Trinajstić information content (AvgIpc) is 2.56. The number of hydrogen-bond acceptors (Lipinski definition) is 4. The first-order valence-corrected chi connectivity index (χ1v) is 9.30. The molecule has 0 aliphatic heterocycles. The molecular formula is C19H22BrClN2O2. The zero-order valence-electron chi connectivity index (χ0n) is 14.6. The normalized spacial score (nSPS) is 11.1. The van der Waals surface area contributed by atoms with Crippen LogP contribution in [0.2, 0.25) is 5.02 Å². The summed E-state index contributed by atoms with van der Waals surface area (Å²) in [6.45, 7) is 7.03. The molecule has 1 N–H and O–H groups in total. The van der Waals surface area contributed by atoms with E-state index in [4.69, 9.17) is 21.1 Å². The zero-order valence-corrected chi connectivity index (χ0v) is 16.9. The fraction of sp³-hybridized carbons (Fsp3) is 0.316. The summed E-state index contributed by atoms with van der Waals surface area (Å²) in [6.07, 6.45) is 1.80. The van der Waals surface area contributed by atoms with Gasteiger partial charge in [-0.15, -0.1) is 0 Å². The van der Waals surface area contributed by atoms with Gasteiger partial charge in [-0.25, -0.2) is 0 Å². The molecule has 0 heterocycles. The van der Waals surface area contributed by atoms with E-state index in [-0.39, 0.29) is 6.10 Å². The van der Waals surface area contributed by atoms with E-state index in [1.807, 2.05) is 57.2 Å². The van der Waals surface area contributed by atoms with Gasteiger partial charge < -0.3 is 14.9 Å². The maximum atomic E-state index is 6.13. The highest BCUT2D eigenvalue weighted by atomic mass is 79.9. The second-order valence-corrected chi connectivity index (χ2v) is 6.88. The van der Waals surface area contributed by atoms with Crippen LogP contribution >= 0.6 is 27.5 Å². The van der Waals surface area contributed by atoms with E-state index in [0.717, 1.165) is 20.6 Å². The van der Waals surface area contributed by atoms with Crippen LogP contribution in [0.1, 0.15) is 31.9 Å². The number of ether oxygens (including phenoxy) is 2. The Morgan fingerprint density at radius 2 is 2.04 bits per heavy atom. The number of nitrogens with zero attached hydrogens (tertiary/aromatic N) is 1. The van der Waals surface area contributed by atoms with Crippen LogP contribution in [-0.2, 0) is 6.54 Å². The third-order valence-corrected chi connectivity index (χ3v) is 4.18. The molecule has 0 spiro atoms. The number of benzene rings is 2. The van der Waals surface area contributed by atoms with Crippen molar-refractivity contribution in [1.82, 2.24) is 5.43 Å². The number of hydrazone groups is 1. The minimum absolute atomic E-state index is 0.0623. The van der Waals surface area contributed by atoms with Crippen molar-refractivity contribution >= 4 is 33.7 Å². The lowest BCUT2D eigenvalue weighted by Crippen LogP contribution is -2.09. The Morgan fingerprint density at radius 3 is 2.72 bits per heavy atom. The Bertz CT molecular complexity index is 735. The van der Waals surface area contributed by atoms with Crippen LogP contribution in [-0.4, -0.2) is 18.9 Å². The zero-order chi connectivity index (χ0) is 18.2. The summed E-state index contributed by atoms with van der Waals surface area (Å²) < 4.78 is 12.4. The summed E-state index contributed by atoms with van der Waals surface area (Å²) in [4.78, 5) is 0. The summed E-state index contributed by atoms with van der Waals surface area (Å²) in [5, 5.41) is 4.98. The van der Waals surface area contributed by atoms with Gasteiger partial charge in [-0.1, -0.05) is 29.8 Å². The van der Waals surface area contributed by atoms with Gasteiger partial charge in [0.05, 0.1) is 29.9 Å². The standard InChI is InChI=1S/C19H22BrClN2O2/c1-4-24-18-10-14(9-16(20)19(18)25-13(2)3)11-22-23-12-15-7-5-6-8-17(15)21/h5-11,13,23H,4,12H2,1-3H3/b22-11-. The molecule has 0 saturated heterocycles. The second-order valence-electron chi connectivity index (χ2n) is 5.61. The lowest BCUT2D eigenvalue weighted by Gasteiger charge is -2.16. The Kier molecular flexibility index (Phi) is 7.59. The largest absolute Gasteiger partial charge is 0.490 e. The van der Waals surface area contributed by atoms with E-state index >= 15 is 0 Å². The van der Waals surface area contributed by atoms with E-state index in [9.17, 15) is 0 Å². The van der Waals surface area contributed by atoms with Crippen LogP contribution in [0.3, 0.4) is 0 Å². The third kappa shape index (κ3) is 5.94. The molecule has 0 unspecified atom stereocenters. The Balaban J connectivity index is 2.09. The van der Waals surface area contributed by atoms with Crippen LogP contribution in [0.15, 0.2) is 46.0 Å². The van der Waals surface area contributed by atoms with Crippen molar-refractivity contribution in [2.45, 2.75) is 33.4 Å². The van der Waals surface area contributed by atoms with Gasteiger partial charge in [0.15, 0.2) is 11.5 Å². The van der Waals surface area contributed by atoms with Gasteiger partial charge in [0, 0.05) is 5.02 Å². The summed E-state index contributed by atoms with van der Waals surface area (Å²) >= 11 is 9.67. The van der Waals surface area contributed by atoms with Gasteiger partial charge >= 0.3 is 0 Å². The molecule has 25 heavy (non-hydrogen) atoms. The minimum atomic E-state index is 0.0623. The fourth-order valence-electron chi connectivity index (χ4n) is 2.17. The summed E-state index contributed by atoms with van der Waals surface area (Å²) in [5.41, 5.74) is 4.91. The lowest BCUT2D eigenvalue weighted by molar-refractivity contribution is 0.222. The molecular weight excluding hydrogens is 404 g/mol. The molecule has 0 aromatic heterocycles. The van der Waals surface area contributed by atoms with Crippen molar-refractivity contribution in [2.75, 3.05) is 6.61 Å². The summed E-state index contributed by atoms with van der Waals surface area (Å²) in [6, 6.07) is 11.5. The molecule has 6 heteroatoms. The number of halogens is 2. The first-order chi connectivity index (χ1) is 12.0. The highest BCUT2D eigenvalue weighted by Crippen LogP contribution is 2.37. The van der Waals surface area contributed by atoms with Crippen molar-refractivity contribution in [3.8, 4) is 11.5 Å². The number of nitrogens with one attached hydrogen (secondary N) is 1. The Hall–Kier alpha value is -1.72. The first kappa shape index (κ1) is 19.6. The van der Waals surface area contributed by atoms with E-state index in [2.05, 4.69) is 26.5 Å². The Labute approximate surface area is 162 Å². The Morgan fingerprint density at radius 1 is 1.28 bits per heavy atom. The molecule has 0 bridgehead atoms. The number of hydrogen-bond donors (Lipinski definition) is 1. The molecule has 2 aromatic rings. The molecule has 0 amide bonds. The SMILES string of the molecule is CCOc1cc(/C=N\NCc2ccccc2Cl)cc(Br)c1OC(C)C. The molecule has 0 atom stereocenters. The van der Waals surface area contributed by atoms with Gasteiger partial charge in [0.2, 0.25) is 0 Å². The van der Waals surface area contributed by atoms with E-state index in [1.54, 1.807) is 6.21 Å². The van der Waals surface area contributed by atoms with E-state index < -0.39 is 0 Å². The molecule has 134 valence electrons. The smallest absolute Gasteiger partial charge is 0.175 e.